The van der Waals surface area contributed by atoms with Crippen molar-refractivity contribution in [2.24, 2.45) is 5.92 Å². The van der Waals surface area contributed by atoms with E-state index in [-0.39, 0.29) is 23.9 Å². The highest BCUT2D eigenvalue weighted by molar-refractivity contribution is 5.80. The Kier molecular flexibility index (Phi) is 3.69. The van der Waals surface area contributed by atoms with Crippen LogP contribution in [0.5, 0.6) is 0 Å². The van der Waals surface area contributed by atoms with Gasteiger partial charge in [0.15, 0.2) is 0 Å². The van der Waals surface area contributed by atoms with E-state index in [9.17, 15) is 13.6 Å². The van der Waals surface area contributed by atoms with Crippen molar-refractivity contribution < 1.29 is 13.6 Å². The van der Waals surface area contributed by atoms with Gasteiger partial charge in [-0.05, 0) is 36.1 Å². The van der Waals surface area contributed by atoms with Crippen molar-refractivity contribution in [3.63, 3.8) is 0 Å². The molecule has 1 amide bonds. The zero-order valence-electron chi connectivity index (χ0n) is 11.4. The van der Waals surface area contributed by atoms with Crippen LogP contribution in [-0.4, -0.2) is 5.91 Å². The van der Waals surface area contributed by atoms with Gasteiger partial charge in [0.05, 0.1) is 0 Å². The summed E-state index contributed by atoms with van der Waals surface area (Å²) in [5.74, 6) is -1.58. The minimum Gasteiger partial charge on any atom is -0.352 e. The maximum atomic E-state index is 13.5. The molecule has 0 radical (unpaired) electrons. The van der Waals surface area contributed by atoms with Gasteiger partial charge in [-0.25, -0.2) is 8.78 Å². The van der Waals surface area contributed by atoms with Gasteiger partial charge < -0.3 is 5.32 Å². The molecule has 2 aromatic carbocycles. The molecule has 0 fully saturated rings. The van der Waals surface area contributed by atoms with Crippen molar-refractivity contribution in [2.45, 2.75) is 19.4 Å². The summed E-state index contributed by atoms with van der Waals surface area (Å²) < 4.78 is 27.0. The average molecular weight is 287 g/mol. The fourth-order valence-electron chi connectivity index (χ4n) is 2.77. The van der Waals surface area contributed by atoms with Gasteiger partial charge in [0.25, 0.3) is 0 Å². The third-order valence-corrected chi connectivity index (χ3v) is 3.92. The number of hydrogen-bond donors (Lipinski definition) is 1. The van der Waals surface area contributed by atoms with Crippen LogP contribution in [0.3, 0.4) is 0 Å². The fraction of sp³-hybridized carbons (Fsp3) is 0.235. The fourth-order valence-corrected chi connectivity index (χ4v) is 2.77. The molecular weight excluding hydrogens is 272 g/mol. The highest BCUT2D eigenvalue weighted by atomic mass is 19.1. The molecule has 0 aromatic heterocycles. The molecule has 1 N–H and O–H groups in total. The molecule has 21 heavy (non-hydrogen) atoms. The minimum absolute atomic E-state index is 0.0960. The molecule has 0 bridgehead atoms. The van der Waals surface area contributed by atoms with Gasteiger partial charge >= 0.3 is 0 Å². The van der Waals surface area contributed by atoms with E-state index in [1.807, 2.05) is 24.3 Å². The SMILES string of the molecule is O=C(NCc1c(F)cccc1F)C1Cc2ccccc2C1. The van der Waals surface area contributed by atoms with Crippen LogP contribution in [-0.2, 0) is 24.2 Å². The first-order valence-electron chi connectivity index (χ1n) is 6.92. The number of carbonyl (C=O) groups is 1. The van der Waals surface area contributed by atoms with Crippen LogP contribution in [0.2, 0.25) is 0 Å². The maximum Gasteiger partial charge on any atom is 0.224 e. The predicted octanol–water partition coefficient (Wildman–Crippen LogP) is 3.00. The quantitative estimate of drug-likeness (QED) is 0.924. The molecule has 0 unspecified atom stereocenters. The average Bonchev–Trinajstić information content (AvgIpc) is 2.90. The molecule has 0 saturated carbocycles. The number of carbonyl (C=O) groups excluding carboxylic acids is 1. The second-order valence-electron chi connectivity index (χ2n) is 5.29. The van der Waals surface area contributed by atoms with Crippen LogP contribution in [0.4, 0.5) is 8.78 Å². The van der Waals surface area contributed by atoms with Gasteiger partial charge in [-0.15, -0.1) is 0 Å². The van der Waals surface area contributed by atoms with Crippen LogP contribution in [0.15, 0.2) is 42.5 Å². The third-order valence-electron chi connectivity index (χ3n) is 3.92. The Morgan fingerprint density at radius 3 is 2.14 bits per heavy atom. The third kappa shape index (κ3) is 2.79. The molecule has 0 atom stereocenters. The summed E-state index contributed by atoms with van der Waals surface area (Å²) in [6.45, 7) is -0.121. The number of benzene rings is 2. The molecule has 108 valence electrons. The Morgan fingerprint density at radius 1 is 1.00 bits per heavy atom. The molecule has 1 aliphatic rings. The summed E-state index contributed by atoms with van der Waals surface area (Å²) in [7, 11) is 0. The zero-order valence-corrected chi connectivity index (χ0v) is 11.4. The Labute approximate surface area is 121 Å². The Balaban J connectivity index is 1.64. The summed E-state index contributed by atoms with van der Waals surface area (Å²) in [5.41, 5.74) is 2.26. The first-order chi connectivity index (χ1) is 10.1. The second-order valence-corrected chi connectivity index (χ2v) is 5.29. The van der Waals surface area contributed by atoms with Crippen LogP contribution in [0.25, 0.3) is 0 Å². The second kappa shape index (κ2) is 5.64. The van der Waals surface area contributed by atoms with Gasteiger partial charge in [-0.1, -0.05) is 30.3 Å². The molecule has 2 nitrogen and oxygen atoms in total. The Bertz CT molecular complexity index is 639. The van der Waals surface area contributed by atoms with Gasteiger partial charge in [0.2, 0.25) is 5.91 Å². The molecule has 1 aliphatic carbocycles. The van der Waals surface area contributed by atoms with Gasteiger partial charge in [0, 0.05) is 18.0 Å². The number of halogens is 2. The first kappa shape index (κ1) is 13.7. The zero-order chi connectivity index (χ0) is 14.8. The van der Waals surface area contributed by atoms with E-state index in [1.165, 1.54) is 29.3 Å². The lowest BCUT2D eigenvalue weighted by Gasteiger charge is -2.11. The molecular formula is C17H15F2NO. The number of nitrogens with one attached hydrogen (secondary N) is 1. The van der Waals surface area contributed by atoms with E-state index in [4.69, 9.17) is 0 Å². The highest BCUT2D eigenvalue weighted by Gasteiger charge is 2.27. The number of hydrogen-bond acceptors (Lipinski definition) is 1. The molecule has 0 spiro atoms. The van der Waals surface area contributed by atoms with E-state index >= 15 is 0 Å². The minimum atomic E-state index is -0.634. The number of fused-ring (bicyclic) bond motifs is 1. The van der Waals surface area contributed by atoms with E-state index in [2.05, 4.69) is 5.32 Å². The summed E-state index contributed by atoms with van der Waals surface area (Å²) in [6, 6.07) is 11.6. The molecule has 3 rings (SSSR count). The molecule has 0 aliphatic heterocycles. The van der Waals surface area contributed by atoms with Crippen LogP contribution >= 0.6 is 0 Å². The van der Waals surface area contributed by atoms with Gasteiger partial charge in [0.1, 0.15) is 11.6 Å². The lowest BCUT2D eigenvalue weighted by molar-refractivity contribution is -0.124. The maximum absolute atomic E-state index is 13.5. The number of rotatable bonds is 3. The monoisotopic (exact) mass is 287 g/mol. The van der Waals surface area contributed by atoms with Crippen molar-refractivity contribution in [1.29, 1.82) is 0 Å². The Hall–Kier alpha value is -2.23. The van der Waals surface area contributed by atoms with Crippen molar-refractivity contribution in [3.05, 3.63) is 70.8 Å². The number of amides is 1. The van der Waals surface area contributed by atoms with E-state index < -0.39 is 11.6 Å². The summed E-state index contributed by atoms with van der Waals surface area (Å²) in [5, 5.41) is 2.64. The van der Waals surface area contributed by atoms with Crippen molar-refractivity contribution in [2.75, 3.05) is 0 Å². The topological polar surface area (TPSA) is 29.1 Å². The smallest absolute Gasteiger partial charge is 0.224 e. The van der Waals surface area contributed by atoms with E-state index in [0.717, 1.165) is 0 Å². The van der Waals surface area contributed by atoms with Crippen LogP contribution in [0.1, 0.15) is 16.7 Å². The van der Waals surface area contributed by atoms with E-state index in [0.29, 0.717) is 12.8 Å². The summed E-state index contributed by atoms with van der Waals surface area (Å²) in [6.07, 6.45) is 1.36. The van der Waals surface area contributed by atoms with Crippen LogP contribution < -0.4 is 5.32 Å². The summed E-state index contributed by atoms with van der Waals surface area (Å²) in [4.78, 5) is 12.2. The molecule has 4 heteroatoms. The lowest BCUT2D eigenvalue weighted by atomic mass is 10.1. The summed E-state index contributed by atoms with van der Waals surface area (Å²) >= 11 is 0. The molecule has 0 saturated heterocycles. The van der Waals surface area contributed by atoms with Crippen molar-refractivity contribution in [1.82, 2.24) is 5.32 Å². The lowest BCUT2D eigenvalue weighted by Crippen LogP contribution is -2.31. The van der Waals surface area contributed by atoms with E-state index in [1.54, 1.807) is 0 Å². The molecule has 0 heterocycles. The van der Waals surface area contributed by atoms with Crippen molar-refractivity contribution in [3.8, 4) is 0 Å². The molecule has 2 aromatic rings. The highest BCUT2D eigenvalue weighted by Crippen LogP contribution is 2.26. The van der Waals surface area contributed by atoms with Crippen LogP contribution in [0, 0.1) is 17.6 Å². The van der Waals surface area contributed by atoms with Gasteiger partial charge in [-0.2, -0.15) is 0 Å². The predicted molar refractivity (Wildman–Crippen MR) is 75.5 cm³/mol. The Morgan fingerprint density at radius 2 is 1.57 bits per heavy atom. The first-order valence-corrected chi connectivity index (χ1v) is 6.92. The van der Waals surface area contributed by atoms with Crippen molar-refractivity contribution >= 4 is 5.91 Å². The standard InChI is InChI=1S/C17H15F2NO/c18-15-6-3-7-16(19)14(15)10-20-17(21)13-8-11-4-1-2-5-12(11)9-13/h1-7,13H,8-10H2,(H,20,21). The van der Waals surface area contributed by atoms with Gasteiger partial charge in [-0.3, -0.25) is 4.79 Å². The normalized spacial score (nSPS) is 14.0. The largest absolute Gasteiger partial charge is 0.352 e.